The molecule has 0 aliphatic carbocycles. The van der Waals surface area contributed by atoms with Crippen LogP contribution in [-0.4, -0.2) is 31.1 Å². The predicted octanol–water partition coefficient (Wildman–Crippen LogP) is 2.99. The predicted molar refractivity (Wildman–Crippen MR) is 109 cm³/mol. The van der Waals surface area contributed by atoms with Gasteiger partial charge in [-0.05, 0) is 13.0 Å². The zero-order valence-electron chi connectivity index (χ0n) is 17.5. The van der Waals surface area contributed by atoms with E-state index in [1.165, 1.54) is 13.0 Å². The number of aromatic nitrogens is 4. The Balaban J connectivity index is 2.21. The summed E-state index contributed by atoms with van der Waals surface area (Å²) in [6, 6.07) is 3.06. The monoisotopic (exact) mass is 517 g/mol. The molecule has 2 N–H and O–H groups in total. The van der Waals surface area contributed by atoms with Crippen LogP contribution >= 0.6 is 11.6 Å². The van der Waals surface area contributed by atoms with Crippen molar-refractivity contribution in [2.45, 2.75) is 32.4 Å². The molecule has 9 nitrogen and oxygen atoms in total. The smallest absolute Gasteiger partial charge is 0.352 e. The lowest BCUT2D eigenvalue weighted by Gasteiger charge is -2.19. The third-order valence-corrected chi connectivity index (χ3v) is 4.89. The molecule has 0 amide bonds. The van der Waals surface area contributed by atoms with Gasteiger partial charge in [0.1, 0.15) is 18.5 Å². The van der Waals surface area contributed by atoms with Gasteiger partial charge < -0.3 is 14.8 Å². The first-order chi connectivity index (χ1) is 16.4. The molecule has 0 unspecified atom stereocenters. The summed E-state index contributed by atoms with van der Waals surface area (Å²) >= 11 is 5.76. The summed E-state index contributed by atoms with van der Waals surface area (Å²) in [4.78, 5) is 34.7. The molecule has 2 heterocycles. The van der Waals surface area contributed by atoms with Crippen LogP contribution < -0.4 is 15.9 Å². The second-order valence-electron chi connectivity index (χ2n) is 6.99. The number of alkyl halides is 4. The number of ether oxygens (including phenoxy) is 1. The van der Waals surface area contributed by atoms with Crippen molar-refractivity contribution in [2.24, 2.45) is 0 Å². The van der Waals surface area contributed by atoms with Gasteiger partial charge in [-0.1, -0.05) is 11.6 Å². The van der Waals surface area contributed by atoms with E-state index in [2.05, 4.69) is 15.0 Å². The fraction of sp³-hybridized carbons (Fsp3) is 0.250. The number of nitrogens with one attached hydrogen (secondary N) is 1. The molecule has 0 saturated heterocycles. The molecule has 0 radical (unpaired) electrons. The van der Waals surface area contributed by atoms with Crippen LogP contribution in [0.2, 0.25) is 5.02 Å². The van der Waals surface area contributed by atoms with Gasteiger partial charge in [0.05, 0.1) is 24.0 Å². The van der Waals surface area contributed by atoms with Gasteiger partial charge in [-0.2, -0.15) is 14.0 Å². The van der Waals surface area contributed by atoms with Crippen molar-refractivity contribution >= 4 is 11.6 Å². The zero-order valence-corrected chi connectivity index (χ0v) is 18.2. The minimum absolute atomic E-state index is 0.0636. The van der Waals surface area contributed by atoms with Gasteiger partial charge >= 0.3 is 12.3 Å². The lowest BCUT2D eigenvalue weighted by atomic mass is 10.2. The molecule has 35 heavy (non-hydrogen) atoms. The van der Waals surface area contributed by atoms with Gasteiger partial charge in [-0.3, -0.25) is 14.2 Å². The molecule has 0 bridgehead atoms. The van der Waals surface area contributed by atoms with Crippen molar-refractivity contribution in [3.63, 3.8) is 0 Å². The summed E-state index contributed by atoms with van der Waals surface area (Å²) in [6.45, 7) is 0.150. The Kier molecular flexibility index (Phi) is 7.22. The van der Waals surface area contributed by atoms with Crippen molar-refractivity contribution in [3.8, 4) is 17.6 Å². The van der Waals surface area contributed by atoms with Gasteiger partial charge in [0.15, 0.2) is 17.3 Å². The molecule has 15 heteroatoms. The average Bonchev–Trinajstić information content (AvgIpc) is 2.79. The van der Waals surface area contributed by atoms with Crippen LogP contribution in [0.4, 0.5) is 22.0 Å². The van der Waals surface area contributed by atoms with E-state index in [1.54, 1.807) is 0 Å². The van der Waals surface area contributed by atoms with E-state index < -0.39 is 65.2 Å². The van der Waals surface area contributed by atoms with Crippen molar-refractivity contribution in [1.29, 1.82) is 5.26 Å². The number of nitriles is 1. The lowest BCUT2D eigenvalue weighted by Crippen LogP contribution is -2.33. The number of aromatic amines is 1. The van der Waals surface area contributed by atoms with Crippen LogP contribution in [0.1, 0.15) is 28.3 Å². The Bertz CT molecular complexity index is 1450. The second kappa shape index (κ2) is 9.80. The third-order valence-electron chi connectivity index (χ3n) is 4.67. The maximum Gasteiger partial charge on any atom is 0.352 e. The maximum absolute atomic E-state index is 14.5. The maximum atomic E-state index is 14.5. The van der Waals surface area contributed by atoms with Crippen LogP contribution in [-0.2, 0) is 19.1 Å². The zero-order chi connectivity index (χ0) is 26.1. The highest BCUT2D eigenvalue weighted by molar-refractivity contribution is 6.30. The summed E-state index contributed by atoms with van der Waals surface area (Å²) in [7, 11) is 0. The third kappa shape index (κ3) is 5.00. The molecule has 0 fully saturated rings. The Hall–Kier alpha value is -3.83. The number of hydrogen-bond acceptors (Lipinski definition) is 7. The number of rotatable bonds is 7. The molecule has 3 rings (SSSR count). The SMILES string of the molecule is Cc1nc(CO)[nH]c(=O)c1Cn1cnc(C(F)(F)C(F)F)c(Oc2cc(Cl)cc(C#N)c2F)c1=O. The molecule has 184 valence electrons. The molecular formula is C20H13ClF5N5O4. The lowest BCUT2D eigenvalue weighted by molar-refractivity contribution is -0.139. The van der Waals surface area contributed by atoms with Crippen molar-refractivity contribution in [1.82, 2.24) is 19.5 Å². The summed E-state index contributed by atoms with van der Waals surface area (Å²) in [5, 5.41) is 17.8. The Labute approximate surface area is 197 Å². The van der Waals surface area contributed by atoms with E-state index >= 15 is 0 Å². The summed E-state index contributed by atoms with van der Waals surface area (Å²) in [5.41, 5.74) is -4.81. The van der Waals surface area contributed by atoms with E-state index in [9.17, 15) is 31.5 Å². The van der Waals surface area contributed by atoms with Gasteiger partial charge in [0.2, 0.25) is 5.75 Å². The fourth-order valence-electron chi connectivity index (χ4n) is 2.95. The number of nitrogens with zero attached hydrogens (tertiary/aromatic N) is 4. The molecule has 0 saturated carbocycles. The Morgan fingerprint density at radius 1 is 1.34 bits per heavy atom. The van der Waals surface area contributed by atoms with E-state index in [0.717, 1.165) is 12.1 Å². The van der Waals surface area contributed by atoms with Crippen molar-refractivity contribution < 1.29 is 31.8 Å². The van der Waals surface area contributed by atoms with Crippen LogP contribution in [0.25, 0.3) is 0 Å². The topological polar surface area (TPSA) is 134 Å². The van der Waals surface area contributed by atoms with Crippen LogP contribution in [0.3, 0.4) is 0 Å². The van der Waals surface area contributed by atoms with Crippen LogP contribution in [0.15, 0.2) is 28.0 Å². The highest BCUT2D eigenvalue weighted by atomic mass is 35.5. The van der Waals surface area contributed by atoms with Crippen LogP contribution in [0, 0.1) is 24.1 Å². The first-order valence-electron chi connectivity index (χ1n) is 9.43. The number of aliphatic hydroxyl groups excluding tert-OH is 1. The Morgan fingerprint density at radius 2 is 2.03 bits per heavy atom. The first-order valence-corrected chi connectivity index (χ1v) is 9.80. The molecular weight excluding hydrogens is 505 g/mol. The quantitative estimate of drug-likeness (QED) is 0.460. The van der Waals surface area contributed by atoms with Crippen molar-refractivity contribution in [3.05, 3.63) is 78.3 Å². The molecule has 3 aromatic rings. The summed E-state index contributed by atoms with van der Waals surface area (Å²) in [6.07, 6.45) is -3.83. The van der Waals surface area contributed by atoms with Gasteiger partial charge in [-0.15, -0.1) is 0 Å². The number of benzene rings is 1. The molecule has 0 aliphatic heterocycles. The summed E-state index contributed by atoms with van der Waals surface area (Å²) in [5.74, 6) is -8.91. The highest BCUT2D eigenvalue weighted by Gasteiger charge is 2.48. The van der Waals surface area contributed by atoms with E-state index in [0.29, 0.717) is 10.9 Å². The fourth-order valence-corrected chi connectivity index (χ4v) is 3.15. The molecule has 0 atom stereocenters. The number of halogens is 6. The molecule has 2 aromatic heterocycles. The largest absolute Gasteiger partial charge is 0.446 e. The number of H-pyrrole nitrogens is 1. The van der Waals surface area contributed by atoms with Crippen LogP contribution in [0.5, 0.6) is 11.5 Å². The molecule has 1 aromatic carbocycles. The molecule has 0 spiro atoms. The van der Waals surface area contributed by atoms with Gasteiger partial charge in [0, 0.05) is 16.8 Å². The van der Waals surface area contributed by atoms with Gasteiger partial charge in [-0.25, -0.2) is 23.1 Å². The van der Waals surface area contributed by atoms with E-state index in [4.69, 9.17) is 26.7 Å². The van der Waals surface area contributed by atoms with E-state index in [-0.39, 0.29) is 22.1 Å². The number of hydrogen-bond donors (Lipinski definition) is 2. The van der Waals surface area contributed by atoms with Gasteiger partial charge in [0.25, 0.3) is 11.1 Å². The normalized spacial score (nSPS) is 11.5. The molecule has 0 aliphatic rings. The number of aliphatic hydroxyl groups is 1. The van der Waals surface area contributed by atoms with E-state index in [1.807, 2.05) is 0 Å². The minimum atomic E-state index is -4.99. The standard InChI is InChI=1S/C20H13ClF5N5O4/c1-8-11(17(33)30-13(6-32)29-8)5-31-7-28-16(20(25,26)19(23)24)15(18(31)34)35-12-3-10(21)2-9(4-27)14(12)22/h2-3,7,19,32H,5-6H2,1H3,(H,29,30,33). The first kappa shape index (κ1) is 25.8. The minimum Gasteiger partial charge on any atom is -0.446 e. The average molecular weight is 518 g/mol. The van der Waals surface area contributed by atoms with Crippen molar-refractivity contribution in [2.75, 3.05) is 0 Å². The highest BCUT2D eigenvalue weighted by Crippen LogP contribution is 2.39. The summed E-state index contributed by atoms with van der Waals surface area (Å²) < 4.78 is 74.6. The number of aryl methyl sites for hydroxylation is 1. The Morgan fingerprint density at radius 3 is 2.60 bits per heavy atom. The second-order valence-corrected chi connectivity index (χ2v) is 7.43.